The molecule has 6 nitrogen and oxygen atoms in total. The molecule has 0 aliphatic carbocycles. The summed E-state index contributed by atoms with van der Waals surface area (Å²) < 4.78 is 5.50. The lowest BCUT2D eigenvalue weighted by Crippen LogP contribution is -2.10. The van der Waals surface area contributed by atoms with Gasteiger partial charge < -0.3 is 15.8 Å². The summed E-state index contributed by atoms with van der Waals surface area (Å²) in [7, 11) is 0. The third kappa shape index (κ3) is 4.09. The molecule has 2 aromatic heterocycles. The lowest BCUT2D eigenvalue weighted by atomic mass is 10.3. The van der Waals surface area contributed by atoms with Crippen LogP contribution in [0.3, 0.4) is 0 Å². The number of rotatable bonds is 5. The van der Waals surface area contributed by atoms with Crippen molar-refractivity contribution in [1.29, 1.82) is 0 Å². The van der Waals surface area contributed by atoms with Crippen molar-refractivity contribution in [2.45, 2.75) is 26.5 Å². The number of aromatic nitrogens is 3. The maximum atomic E-state index is 5.65. The first-order valence-corrected chi connectivity index (χ1v) is 6.07. The molecule has 100 valence electrons. The normalized spacial score (nSPS) is 10.5. The topological polar surface area (TPSA) is 86.0 Å². The molecule has 19 heavy (non-hydrogen) atoms. The van der Waals surface area contributed by atoms with Gasteiger partial charge in [0.25, 0.3) is 0 Å². The van der Waals surface area contributed by atoms with Crippen LogP contribution in [0.4, 0.5) is 11.8 Å². The predicted octanol–water partition coefficient (Wildman–Crippen LogP) is 1.85. The number of anilines is 2. The molecule has 0 radical (unpaired) electrons. The Bertz CT molecular complexity index is 530. The molecule has 0 spiro atoms. The second-order valence-corrected chi connectivity index (χ2v) is 4.33. The molecule has 0 saturated heterocycles. The van der Waals surface area contributed by atoms with Gasteiger partial charge in [-0.1, -0.05) is 6.07 Å². The molecule has 0 saturated carbocycles. The summed E-state index contributed by atoms with van der Waals surface area (Å²) >= 11 is 0. The van der Waals surface area contributed by atoms with Crippen LogP contribution in [-0.4, -0.2) is 21.1 Å². The summed E-state index contributed by atoms with van der Waals surface area (Å²) in [6, 6.07) is 5.60. The Hall–Kier alpha value is -2.37. The second-order valence-electron chi connectivity index (χ2n) is 4.33. The Labute approximate surface area is 112 Å². The molecule has 2 rings (SSSR count). The molecular formula is C13H17N5O. The van der Waals surface area contributed by atoms with Gasteiger partial charge in [0.1, 0.15) is 5.82 Å². The number of nitrogens with zero attached hydrogens (tertiary/aromatic N) is 3. The molecular weight excluding hydrogens is 242 g/mol. The molecule has 2 aromatic rings. The third-order valence-electron chi connectivity index (χ3n) is 2.27. The Balaban J connectivity index is 2.05. The van der Waals surface area contributed by atoms with Crippen LogP contribution in [-0.2, 0) is 6.54 Å². The van der Waals surface area contributed by atoms with Crippen molar-refractivity contribution in [1.82, 2.24) is 15.0 Å². The highest BCUT2D eigenvalue weighted by Gasteiger charge is 2.05. The number of nitrogens with two attached hydrogens (primary N) is 1. The fourth-order valence-electron chi connectivity index (χ4n) is 1.53. The zero-order chi connectivity index (χ0) is 13.7. The lowest BCUT2D eigenvalue weighted by Gasteiger charge is -2.11. The molecule has 0 aromatic carbocycles. The summed E-state index contributed by atoms with van der Waals surface area (Å²) in [6.07, 6.45) is 3.57. The zero-order valence-electron chi connectivity index (χ0n) is 11.0. The van der Waals surface area contributed by atoms with Gasteiger partial charge in [-0.25, -0.2) is 0 Å². The summed E-state index contributed by atoms with van der Waals surface area (Å²) in [6.45, 7) is 4.48. The Kier molecular flexibility index (Phi) is 4.12. The van der Waals surface area contributed by atoms with Gasteiger partial charge in [-0.05, 0) is 25.5 Å². The van der Waals surface area contributed by atoms with Gasteiger partial charge in [0.2, 0.25) is 11.8 Å². The predicted molar refractivity (Wildman–Crippen MR) is 73.8 cm³/mol. The van der Waals surface area contributed by atoms with Crippen molar-refractivity contribution in [3.05, 3.63) is 36.2 Å². The highest BCUT2D eigenvalue weighted by atomic mass is 16.5. The quantitative estimate of drug-likeness (QED) is 0.852. The SMILES string of the molecule is CC(C)Oc1cc(NCc2cccnc2)nc(N)n1. The Morgan fingerprint density at radius 2 is 2.21 bits per heavy atom. The first-order chi connectivity index (χ1) is 9.13. The van der Waals surface area contributed by atoms with E-state index in [0.29, 0.717) is 18.2 Å². The van der Waals surface area contributed by atoms with Crippen molar-refractivity contribution in [2.75, 3.05) is 11.1 Å². The number of nitrogen functional groups attached to an aromatic ring is 1. The minimum Gasteiger partial charge on any atom is -0.475 e. The minimum absolute atomic E-state index is 0.0421. The van der Waals surface area contributed by atoms with Gasteiger partial charge in [-0.15, -0.1) is 0 Å². The largest absolute Gasteiger partial charge is 0.475 e. The maximum Gasteiger partial charge on any atom is 0.225 e. The summed E-state index contributed by atoms with van der Waals surface area (Å²) in [4.78, 5) is 12.2. The van der Waals surface area contributed by atoms with Crippen molar-refractivity contribution >= 4 is 11.8 Å². The Morgan fingerprint density at radius 1 is 1.37 bits per heavy atom. The first-order valence-electron chi connectivity index (χ1n) is 6.07. The average molecular weight is 259 g/mol. The second kappa shape index (κ2) is 5.99. The van der Waals surface area contributed by atoms with E-state index in [4.69, 9.17) is 10.5 Å². The van der Waals surface area contributed by atoms with Crippen LogP contribution in [0.2, 0.25) is 0 Å². The van der Waals surface area contributed by atoms with E-state index in [1.54, 1.807) is 18.5 Å². The molecule has 0 amide bonds. The van der Waals surface area contributed by atoms with Gasteiger partial charge in [-0.3, -0.25) is 4.98 Å². The highest BCUT2D eigenvalue weighted by Crippen LogP contribution is 2.16. The van der Waals surface area contributed by atoms with E-state index in [9.17, 15) is 0 Å². The van der Waals surface area contributed by atoms with Crippen molar-refractivity contribution in [3.63, 3.8) is 0 Å². The number of hydrogen-bond acceptors (Lipinski definition) is 6. The van der Waals surface area contributed by atoms with E-state index >= 15 is 0 Å². The third-order valence-corrected chi connectivity index (χ3v) is 2.27. The van der Waals surface area contributed by atoms with E-state index in [-0.39, 0.29) is 12.1 Å². The molecule has 0 bridgehead atoms. The zero-order valence-corrected chi connectivity index (χ0v) is 11.0. The van der Waals surface area contributed by atoms with Crippen LogP contribution in [0.25, 0.3) is 0 Å². The van der Waals surface area contributed by atoms with Gasteiger partial charge >= 0.3 is 0 Å². The molecule has 3 N–H and O–H groups in total. The van der Waals surface area contributed by atoms with Crippen LogP contribution >= 0.6 is 0 Å². The lowest BCUT2D eigenvalue weighted by molar-refractivity contribution is 0.233. The Morgan fingerprint density at radius 3 is 2.89 bits per heavy atom. The molecule has 0 aliphatic rings. The number of ether oxygens (including phenoxy) is 1. The van der Waals surface area contributed by atoms with E-state index < -0.39 is 0 Å². The van der Waals surface area contributed by atoms with Crippen LogP contribution in [0.5, 0.6) is 5.88 Å². The standard InChI is InChI=1S/C13H17N5O/c1-9(2)19-12-6-11(17-13(14)18-12)16-8-10-4-3-5-15-7-10/h3-7,9H,8H2,1-2H3,(H3,14,16,17,18). The van der Waals surface area contributed by atoms with E-state index in [2.05, 4.69) is 20.3 Å². The van der Waals surface area contributed by atoms with E-state index in [1.807, 2.05) is 26.0 Å². The molecule has 6 heteroatoms. The smallest absolute Gasteiger partial charge is 0.225 e. The molecule has 0 atom stereocenters. The molecule has 0 fully saturated rings. The van der Waals surface area contributed by atoms with E-state index in [1.165, 1.54) is 0 Å². The minimum atomic E-state index is 0.0421. The van der Waals surface area contributed by atoms with Crippen LogP contribution in [0.15, 0.2) is 30.6 Å². The van der Waals surface area contributed by atoms with Crippen LogP contribution < -0.4 is 15.8 Å². The van der Waals surface area contributed by atoms with Gasteiger partial charge in [-0.2, -0.15) is 9.97 Å². The summed E-state index contributed by atoms with van der Waals surface area (Å²) in [5.41, 5.74) is 6.71. The van der Waals surface area contributed by atoms with Crippen LogP contribution in [0.1, 0.15) is 19.4 Å². The van der Waals surface area contributed by atoms with Gasteiger partial charge in [0.15, 0.2) is 0 Å². The molecule has 0 aliphatic heterocycles. The fourth-order valence-corrected chi connectivity index (χ4v) is 1.53. The van der Waals surface area contributed by atoms with Crippen molar-refractivity contribution < 1.29 is 4.74 Å². The molecule has 2 heterocycles. The monoisotopic (exact) mass is 259 g/mol. The average Bonchev–Trinajstić information content (AvgIpc) is 2.36. The van der Waals surface area contributed by atoms with Crippen LogP contribution in [0, 0.1) is 0 Å². The van der Waals surface area contributed by atoms with E-state index in [0.717, 1.165) is 5.56 Å². The highest BCUT2D eigenvalue weighted by molar-refractivity contribution is 5.43. The van der Waals surface area contributed by atoms with Gasteiger partial charge in [0.05, 0.1) is 6.10 Å². The first kappa shape index (κ1) is 13.1. The molecule has 0 unspecified atom stereocenters. The maximum absolute atomic E-state index is 5.65. The van der Waals surface area contributed by atoms with Gasteiger partial charge in [0, 0.05) is 25.0 Å². The van der Waals surface area contributed by atoms with Crippen molar-refractivity contribution in [2.24, 2.45) is 0 Å². The number of nitrogens with one attached hydrogen (secondary N) is 1. The summed E-state index contributed by atoms with van der Waals surface area (Å²) in [5.74, 6) is 1.29. The van der Waals surface area contributed by atoms with Crippen molar-refractivity contribution in [3.8, 4) is 5.88 Å². The number of hydrogen-bond donors (Lipinski definition) is 2. The fraction of sp³-hybridized carbons (Fsp3) is 0.308. The number of pyridine rings is 1. The summed E-state index contributed by atoms with van der Waals surface area (Å²) in [5, 5.41) is 3.16.